The van der Waals surface area contributed by atoms with Crippen LogP contribution in [0.5, 0.6) is 0 Å². The topological polar surface area (TPSA) is 32.3 Å². The molecule has 0 aliphatic heterocycles. The first-order valence-corrected chi connectivity index (χ1v) is 5.83. The molecule has 0 saturated heterocycles. The molecule has 0 radical (unpaired) electrons. The summed E-state index contributed by atoms with van der Waals surface area (Å²) in [6.07, 6.45) is 2.05. The van der Waals surface area contributed by atoms with Crippen LogP contribution in [0.2, 0.25) is 0 Å². The Morgan fingerprint density at radius 2 is 1.93 bits per heavy atom. The quantitative estimate of drug-likeness (QED) is 0.745. The molecule has 3 heteroatoms. The summed E-state index contributed by atoms with van der Waals surface area (Å²) in [6.45, 7) is 2.09. The molecule has 0 aliphatic carbocycles. The molecule has 0 aliphatic rings. The first-order chi connectivity index (χ1) is 6.66. The Labute approximate surface area is 89.7 Å². The Hall–Kier alpha value is -0.510. The van der Waals surface area contributed by atoms with Crippen LogP contribution in [0.15, 0.2) is 29.2 Å². The van der Waals surface area contributed by atoms with Crippen molar-refractivity contribution in [1.82, 2.24) is 5.32 Å². The molecule has 78 valence electrons. The molecular formula is C11H17NOS. The van der Waals surface area contributed by atoms with Crippen molar-refractivity contribution in [1.29, 1.82) is 0 Å². The van der Waals surface area contributed by atoms with Crippen molar-refractivity contribution < 1.29 is 5.11 Å². The number of benzene rings is 1. The number of aliphatic hydroxyl groups is 1. The normalized spacial score (nSPS) is 15.1. The van der Waals surface area contributed by atoms with Gasteiger partial charge < -0.3 is 10.4 Å². The molecular weight excluding hydrogens is 194 g/mol. The third-order valence-electron chi connectivity index (χ3n) is 2.60. The number of likely N-dealkylation sites (N-methyl/N-ethyl adjacent to an activating group) is 1. The molecule has 2 nitrogen and oxygen atoms in total. The van der Waals surface area contributed by atoms with Crippen molar-refractivity contribution in [2.75, 3.05) is 19.9 Å². The predicted molar refractivity (Wildman–Crippen MR) is 61.7 cm³/mol. The van der Waals surface area contributed by atoms with E-state index >= 15 is 0 Å². The Bertz CT molecular complexity index is 280. The molecule has 1 rings (SSSR count). The largest absolute Gasteiger partial charge is 0.394 e. The third-order valence-corrected chi connectivity index (χ3v) is 3.34. The number of thioether (sulfide) groups is 1. The predicted octanol–water partition coefficient (Wildman–Crippen LogP) is 1.84. The van der Waals surface area contributed by atoms with Crippen LogP contribution in [0.25, 0.3) is 0 Å². The molecule has 0 bridgehead atoms. The Kier molecular flexibility index (Phi) is 3.98. The van der Waals surface area contributed by atoms with Gasteiger partial charge in [-0.05, 0) is 37.9 Å². The summed E-state index contributed by atoms with van der Waals surface area (Å²) in [5.41, 5.74) is 0.775. The van der Waals surface area contributed by atoms with Crippen LogP contribution in [0, 0.1) is 0 Å². The van der Waals surface area contributed by atoms with Gasteiger partial charge in [0, 0.05) is 4.90 Å². The zero-order valence-electron chi connectivity index (χ0n) is 8.87. The van der Waals surface area contributed by atoms with E-state index in [0.717, 1.165) is 5.56 Å². The van der Waals surface area contributed by atoms with Crippen LogP contribution in [0.1, 0.15) is 12.5 Å². The average molecular weight is 211 g/mol. The van der Waals surface area contributed by atoms with Gasteiger partial charge in [-0.1, -0.05) is 12.1 Å². The van der Waals surface area contributed by atoms with Crippen molar-refractivity contribution >= 4 is 11.8 Å². The molecule has 1 atom stereocenters. The molecule has 0 spiro atoms. The van der Waals surface area contributed by atoms with Gasteiger partial charge in [-0.15, -0.1) is 11.8 Å². The summed E-state index contributed by atoms with van der Waals surface area (Å²) >= 11 is 1.72. The minimum atomic E-state index is -0.336. The lowest BCUT2D eigenvalue weighted by Crippen LogP contribution is -2.40. The van der Waals surface area contributed by atoms with Crippen LogP contribution >= 0.6 is 11.8 Å². The van der Waals surface area contributed by atoms with Gasteiger partial charge in [-0.2, -0.15) is 0 Å². The molecule has 2 N–H and O–H groups in total. The summed E-state index contributed by atoms with van der Waals surface area (Å²) in [5.74, 6) is 0. The van der Waals surface area contributed by atoms with Gasteiger partial charge in [0.1, 0.15) is 0 Å². The van der Waals surface area contributed by atoms with Gasteiger partial charge in [0.05, 0.1) is 12.1 Å². The second-order valence-corrected chi connectivity index (χ2v) is 4.35. The maximum absolute atomic E-state index is 9.30. The van der Waals surface area contributed by atoms with Crippen molar-refractivity contribution in [3.8, 4) is 0 Å². The first-order valence-electron chi connectivity index (χ1n) is 4.60. The fraction of sp³-hybridized carbons (Fsp3) is 0.455. The van der Waals surface area contributed by atoms with E-state index < -0.39 is 0 Å². The van der Waals surface area contributed by atoms with Crippen LogP contribution in [-0.2, 0) is 5.54 Å². The maximum atomic E-state index is 9.30. The van der Waals surface area contributed by atoms with Crippen LogP contribution in [0.3, 0.4) is 0 Å². The Balaban J connectivity index is 2.95. The zero-order chi connectivity index (χ0) is 10.6. The fourth-order valence-electron chi connectivity index (χ4n) is 1.27. The van der Waals surface area contributed by atoms with Crippen LogP contribution < -0.4 is 5.32 Å². The third kappa shape index (κ3) is 2.29. The van der Waals surface area contributed by atoms with Gasteiger partial charge in [-0.25, -0.2) is 0 Å². The van der Waals surface area contributed by atoms with E-state index in [-0.39, 0.29) is 12.1 Å². The second-order valence-electron chi connectivity index (χ2n) is 3.47. The molecule has 14 heavy (non-hydrogen) atoms. The van der Waals surface area contributed by atoms with E-state index in [9.17, 15) is 5.11 Å². The fourth-order valence-corrected chi connectivity index (χ4v) is 1.68. The number of hydrogen-bond donors (Lipinski definition) is 2. The van der Waals surface area contributed by atoms with Gasteiger partial charge in [0.2, 0.25) is 0 Å². The molecule has 0 heterocycles. The number of rotatable bonds is 4. The van der Waals surface area contributed by atoms with Crippen LogP contribution in [-0.4, -0.2) is 25.0 Å². The molecule has 0 amide bonds. The summed E-state index contributed by atoms with van der Waals surface area (Å²) in [7, 11) is 1.86. The van der Waals surface area contributed by atoms with Crippen molar-refractivity contribution in [3.05, 3.63) is 29.8 Å². The van der Waals surface area contributed by atoms with E-state index in [0.29, 0.717) is 0 Å². The highest BCUT2D eigenvalue weighted by atomic mass is 32.2. The van der Waals surface area contributed by atoms with Gasteiger partial charge in [0.25, 0.3) is 0 Å². The van der Waals surface area contributed by atoms with E-state index in [1.807, 2.05) is 14.0 Å². The van der Waals surface area contributed by atoms with Crippen LogP contribution in [0.4, 0.5) is 0 Å². The highest BCUT2D eigenvalue weighted by Gasteiger charge is 2.22. The van der Waals surface area contributed by atoms with Gasteiger partial charge in [-0.3, -0.25) is 0 Å². The average Bonchev–Trinajstić information content (AvgIpc) is 2.28. The minimum absolute atomic E-state index is 0.0993. The number of aliphatic hydroxyl groups excluding tert-OH is 1. The SMILES string of the molecule is CNC(C)(CO)c1ccc(SC)cc1. The minimum Gasteiger partial charge on any atom is -0.394 e. The van der Waals surface area contributed by atoms with E-state index in [1.165, 1.54) is 4.90 Å². The maximum Gasteiger partial charge on any atom is 0.0652 e. The summed E-state index contributed by atoms with van der Waals surface area (Å²) < 4.78 is 0. The molecule has 1 aromatic carbocycles. The lowest BCUT2D eigenvalue weighted by atomic mass is 9.93. The summed E-state index contributed by atoms with van der Waals surface area (Å²) in [4.78, 5) is 1.24. The Morgan fingerprint density at radius 1 is 1.36 bits per heavy atom. The molecule has 1 unspecified atom stereocenters. The molecule has 0 saturated carbocycles. The summed E-state index contributed by atoms with van der Waals surface area (Å²) in [5, 5.41) is 12.4. The van der Waals surface area contributed by atoms with Crippen molar-refractivity contribution in [2.24, 2.45) is 0 Å². The smallest absolute Gasteiger partial charge is 0.0652 e. The zero-order valence-corrected chi connectivity index (χ0v) is 9.69. The van der Waals surface area contributed by atoms with Gasteiger partial charge >= 0.3 is 0 Å². The monoisotopic (exact) mass is 211 g/mol. The first kappa shape index (κ1) is 11.6. The van der Waals surface area contributed by atoms with E-state index in [4.69, 9.17) is 0 Å². The van der Waals surface area contributed by atoms with E-state index in [1.54, 1.807) is 11.8 Å². The lowest BCUT2D eigenvalue weighted by Gasteiger charge is -2.27. The molecule has 0 fully saturated rings. The standard InChI is InChI=1S/C11H17NOS/c1-11(8-13,12-2)9-4-6-10(14-3)7-5-9/h4-7,12-13H,8H2,1-3H3. The molecule has 0 aromatic heterocycles. The van der Waals surface area contributed by atoms with Crippen molar-refractivity contribution in [2.45, 2.75) is 17.4 Å². The Morgan fingerprint density at radius 3 is 2.29 bits per heavy atom. The highest BCUT2D eigenvalue weighted by molar-refractivity contribution is 7.98. The van der Waals surface area contributed by atoms with Gasteiger partial charge in [0.15, 0.2) is 0 Å². The van der Waals surface area contributed by atoms with Crippen molar-refractivity contribution in [3.63, 3.8) is 0 Å². The van der Waals surface area contributed by atoms with E-state index in [2.05, 4.69) is 35.8 Å². The summed E-state index contributed by atoms with van der Waals surface area (Å²) in [6, 6.07) is 8.26. The number of hydrogen-bond acceptors (Lipinski definition) is 3. The second kappa shape index (κ2) is 4.82. The number of nitrogens with one attached hydrogen (secondary N) is 1. The molecule has 1 aromatic rings. The lowest BCUT2D eigenvalue weighted by molar-refractivity contribution is 0.183. The highest BCUT2D eigenvalue weighted by Crippen LogP contribution is 2.22.